The van der Waals surface area contributed by atoms with Crippen molar-refractivity contribution in [3.8, 4) is 22.6 Å². The Balaban J connectivity index is 0.00000400. The number of aryl methyl sites for hydroxylation is 1. The number of hydrogen-bond acceptors (Lipinski definition) is 2. The molecule has 0 aliphatic rings. The van der Waals surface area contributed by atoms with E-state index in [1.807, 2.05) is 6.20 Å². The van der Waals surface area contributed by atoms with Gasteiger partial charge >= 0.3 is 0 Å². The van der Waals surface area contributed by atoms with Gasteiger partial charge in [-0.25, -0.2) is 14.1 Å². The molecule has 5 nitrogen and oxygen atoms in total. The molecule has 0 spiro atoms. The van der Waals surface area contributed by atoms with E-state index in [4.69, 9.17) is 4.98 Å². The van der Waals surface area contributed by atoms with Crippen LogP contribution in [0.2, 0.25) is 0 Å². The summed E-state index contributed by atoms with van der Waals surface area (Å²) >= 11 is 0. The molecule has 262 valence electrons. The van der Waals surface area contributed by atoms with Crippen LogP contribution in [-0.4, -0.2) is 18.7 Å². The molecule has 3 aromatic heterocycles. The molecule has 0 fully saturated rings. The first-order chi connectivity index (χ1) is 25.3. The first-order valence-corrected chi connectivity index (χ1v) is 17.7. The molecule has 0 aliphatic carbocycles. The van der Waals surface area contributed by atoms with Crippen LogP contribution in [-0.2, 0) is 26.6 Å². The van der Waals surface area contributed by atoms with E-state index in [0.717, 1.165) is 61.5 Å². The Morgan fingerprint density at radius 1 is 0.642 bits per heavy atom. The van der Waals surface area contributed by atoms with Crippen molar-refractivity contribution in [3.05, 3.63) is 176 Å². The second kappa shape index (κ2) is 13.7. The van der Waals surface area contributed by atoms with Crippen LogP contribution in [0.1, 0.15) is 26.3 Å². The molecule has 0 radical (unpaired) electrons. The molecule has 0 atom stereocenters. The van der Waals surface area contributed by atoms with E-state index in [2.05, 4.69) is 210 Å². The number of hydrogen-bond donors (Lipinski definition) is 0. The van der Waals surface area contributed by atoms with Crippen molar-refractivity contribution in [3.63, 3.8) is 0 Å². The number of rotatable bonds is 6. The van der Waals surface area contributed by atoms with Gasteiger partial charge in [0.25, 0.3) is 0 Å². The molecule has 0 amide bonds. The van der Waals surface area contributed by atoms with Gasteiger partial charge in [-0.05, 0) is 92.2 Å². The summed E-state index contributed by atoms with van der Waals surface area (Å²) in [7, 11) is 0. The maximum absolute atomic E-state index is 4.94. The fourth-order valence-electron chi connectivity index (χ4n) is 7.39. The minimum Gasteiger partial charge on any atom is -0.358 e. The Labute approximate surface area is 324 Å². The summed E-state index contributed by atoms with van der Waals surface area (Å²) in [5, 5.41) is 2.29. The molecule has 9 rings (SSSR count). The average Bonchev–Trinajstić information content (AvgIpc) is 3.73. The van der Waals surface area contributed by atoms with Crippen LogP contribution in [0, 0.1) is 19.1 Å². The van der Waals surface area contributed by atoms with Crippen molar-refractivity contribution in [2.45, 2.75) is 33.2 Å². The van der Waals surface area contributed by atoms with Gasteiger partial charge in [0.1, 0.15) is 5.82 Å². The van der Waals surface area contributed by atoms with E-state index in [-0.39, 0.29) is 26.6 Å². The van der Waals surface area contributed by atoms with Crippen LogP contribution in [0.4, 0.5) is 17.1 Å². The molecule has 3 heterocycles. The molecule has 0 N–H and O–H groups in total. The maximum atomic E-state index is 4.94. The van der Waals surface area contributed by atoms with Gasteiger partial charge in [0.2, 0.25) is 0 Å². The smallest absolute Gasteiger partial charge is 0.188 e. The van der Waals surface area contributed by atoms with Crippen molar-refractivity contribution in [1.82, 2.24) is 18.7 Å². The minimum absolute atomic E-state index is 0. The molecule has 6 heteroatoms. The van der Waals surface area contributed by atoms with Crippen molar-refractivity contribution >= 4 is 49.9 Å². The minimum atomic E-state index is -0.0876. The Morgan fingerprint density at radius 2 is 1.34 bits per heavy atom. The summed E-state index contributed by atoms with van der Waals surface area (Å²) in [4.78, 5) is 7.18. The van der Waals surface area contributed by atoms with Crippen molar-refractivity contribution in [2.75, 3.05) is 4.90 Å². The van der Waals surface area contributed by atoms with E-state index in [1.165, 1.54) is 16.6 Å². The van der Waals surface area contributed by atoms with Crippen LogP contribution in [0.25, 0.3) is 55.5 Å². The zero-order valence-electron chi connectivity index (χ0n) is 30.1. The Bertz CT molecular complexity index is 2750. The molecule has 0 bridgehead atoms. The third kappa shape index (κ3) is 6.05. The fourth-order valence-corrected chi connectivity index (χ4v) is 7.39. The van der Waals surface area contributed by atoms with Gasteiger partial charge in [0.05, 0.1) is 5.54 Å². The topological polar surface area (TPSA) is 30.9 Å². The molecular weight excluding hydrogens is 830 g/mol. The number of benzene rings is 6. The van der Waals surface area contributed by atoms with E-state index in [9.17, 15) is 0 Å². The zero-order chi connectivity index (χ0) is 35.4. The molecule has 0 unspecified atom stereocenters. The number of nitrogens with zero attached hydrogens (tertiary/aromatic N) is 5. The Kier molecular flexibility index (Phi) is 8.84. The fraction of sp³-hybridized carbons (Fsp3) is 0.106. The summed E-state index contributed by atoms with van der Waals surface area (Å²) in [5.74, 6) is 0.854. The third-order valence-corrected chi connectivity index (χ3v) is 9.87. The quantitative estimate of drug-likeness (QED) is 0.156. The predicted molar refractivity (Wildman–Crippen MR) is 215 cm³/mol. The molecule has 0 saturated heterocycles. The van der Waals surface area contributed by atoms with Crippen LogP contribution < -0.4 is 4.90 Å². The second-order valence-electron chi connectivity index (χ2n) is 14.3. The number of imidazole rings is 1. The standard InChI is InChI=1S/C47H38N5.Pt/c1-33-15-8-9-20-39(33)34-27-28-48-46(29-34)52-42-22-11-10-21-40(42)41-26-25-38(31-45(41)52)51(35-16-6-5-7-17-35)37-19-14-18-36(30-37)49-32-50(47(2,3)4)44-24-13-12-23-43(44)49;/h5-29,32H,1-4H3;/q-1;. The van der Waals surface area contributed by atoms with Crippen molar-refractivity contribution < 1.29 is 21.1 Å². The van der Waals surface area contributed by atoms with Gasteiger partial charge in [0, 0.05) is 56.3 Å². The van der Waals surface area contributed by atoms with Gasteiger partial charge in [-0.1, -0.05) is 83.6 Å². The van der Waals surface area contributed by atoms with Crippen molar-refractivity contribution in [2.24, 2.45) is 0 Å². The third-order valence-electron chi connectivity index (χ3n) is 9.87. The summed E-state index contributed by atoms with van der Waals surface area (Å²) in [5.41, 5.74) is 11.7. The summed E-state index contributed by atoms with van der Waals surface area (Å²) in [6, 6.07) is 58.8. The van der Waals surface area contributed by atoms with Gasteiger partial charge in [-0.15, -0.1) is 29.7 Å². The first kappa shape index (κ1) is 34.3. The molecule has 0 aliphatic heterocycles. The summed E-state index contributed by atoms with van der Waals surface area (Å²) < 4.78 is 6.82. The summed E-state index contributed by atoms with van der Waals surface area (Å²) in [6.45, 7) is 8.86. The number of anilines is 3. The summed E-state index contributed by atoms with van der Waals surface area (Å²) in [6.07, 6.45) is 4.11. The SMILES string of the molecule is Cc1ccccc1-c1ccnc(-n2c3[c-]c(N(c4[c-]c(-n5[cH+]n(C(C)(C)C)c6ccccc65)ccc4)c4ccccc4)ccc3c3ccccc32)c1.[Pt]. The van der Waals surface area contributed by atoms with Crippen molar-refractivity contribution in [1.29, 1.82) is 0 Å². The van der Waals surface area contributed by atoms with Gasteiger partial charge in [0.15, 0.2) is 17.4 Å². The van der Waals surface area contributed by atoms with Crippen LogP contribution in [0.3, 0.4) is 0 Å². The van der Waals surface area contributed by atoms with Gasteiger partial charge < -0.3 is 9.47 Å². The van der Waals surface area contributed by atoms with E-state index in [1.54, 1.807) is 0 Å². The van der Waals surface area contributed by atoms with E-state index < -0.39 is 0 Å². The zero-order valence-corrected chi connectivity index (χ0v) is 32.3. The first-order valence-electron chi connectivity index (χ1n) is 17.7. The average molecular weight is 868 g/mol. The normalized spacial score (nSPS) is 11.6. The van der Waals surface area contributed by atoms with Crippen LogP contribution in [0.5, 0.6) is 0 Å². The molecule has 9 aromatic rings. The number of aromatic nitrogens is 4. The van der Waals surface area contributed by atoms with Crippen LogP contribution >= 0.6 is 0 Å². The van der Waals surface area contributed by atoms with E-state index >= 15 is 0 Å². The molecular formula is C47H38N5Pt-. The predicted octanol–water partition coefficient (Wildman–Crippen LogP) is 12.0. The molecule has 0 saturated carbocycles. The maximum Gasteiger partial charge on any atom is 0.188 e. The van der Waals surface area contributed by atoms with Crippen LogP contribution in [0.15, 0.2) is 158 Å². The van der Waals surface area contributed by atoms with E-state index in [0.29, 0.717) is 0 Å². The second-order valence-corrected chi connectivity index (χ2v) is 14.3. The van der Waals surface area contributed by atoms with Gasteiger partial charge in [-0.3, -0.25) is 0 Å². The number of pyridine rings is 1. The monoisotopic (exact) mass is 867 g/mol. The van der Waals surface area contributed by atoms with Gasteiger partial charge in [-0.2, -0.15) is 12.1 Å². The number of fused-ring (bicyclic) bond motifs is 4. The Morgan fingerprint density at radius 3 is 2.13 bits per heavy atom. The molecule has 6 aromatic carbocycles. The Hall–Kier alpha value is -5.77. The number of para-hydroxylation sites is 4. The largest absolute Gasteiger partial charge is 0.358 e. The molecule has 53 heavy (non-hydrogen) atoms.